The molecule has 1 heterocycles. The van der Waals surface area contributed by atoms with Crippen molar-refractivity contribution in [3.8, 4) is 0 Å². The number of nitrogens with zero attached hydrogens (tertiary/aromatic N) is 2. The number of piperazine rings is 1. The summed E-state index contributed by atoms with van der Waals surface area (Å²) in [7, 11) is -3.70. The molecule has 3 rings (SSSR count). The molecule has 2 aromatic rings. The Balaban J connectivity index is 1.49. The molecule has 0 spiro atoms. The second-order valence-corrected chi connectivity index (χ2v) is 9.87. The second-order valence-electron chi connectivity index (χ2n) is 7.69. The summed E-state index contributed by atoms with van der Waals surface area (Å²) in [5, 5.41) is 0.0459. The monoisotopic (exact) mass is 481 g/mol. The summed E-state index contributed by atoms with van der Waals surface area (Å²) < 4.78 is 40.5. The van der Waals surface area contributed by atoms with Gasteiger partial charge in [0.15, 0.2) is 0 Å². The van der Waals surface area contributed by atoms with E-state index in [1.807, 2.05) is 13.8 Å². The summed E-state index contributed by atoms with van der Waals surface area (Å²) in [5.41, 5.74) is 2.09. The maximum atomic E-state index is 13.2. The number of hydrogen-bond acceptors (Lipinski definition) is 4. The van der Waals surface area contributed by atoms with Gasteiger partial charge in [0.2, 0.25) is 15.9 Å². The van der Waals surface area contributed by atoms with Crippen molar-refractivity contribution in [3.05, 3.63) is 63.9 Å². The highest BCUT2D eigenvalue weighted by Gasteiger charge is 2.26. The van der Waals surface area contributed by atoms with Crippen LogP contribution in [0.4, 0.5) is 4.39 Å². The van der Waals surface area contributed by atoms with E-state index in [1.54, 1.807) is 21.9 Å². The van der Waals surface area contributed by atoms with E-state index in [1.165, 1.54) is 18.2 Å². The van der Waals surface area contributed by atoms with E-state index in [4.69, 9.17) is 11.6 Å². The average Bonchev–Trinajstić information content (AvgIpc) is 2.75. The lowest BCUT2D eigenvalue weighted by atomic mass is 10.1. The molecule has 0 aromatic heterocycles. The van der Waals surface area contributed by atoms with Gasteiger partial charge < -0.3 is 9.80 Å². The molecule has 0 saturated carbocycles. The summed E-state index contributed by atoms with van der Waals surface area (Å²) in [6, 6.07) is 8.50. The number of aryl methyl sites for hydroxylation is 2. The van der Waals surface area contributed by atoms with E-state index >= 15 is 0 Å². The Hall–Kier alpha value is -2.49. The fourth-order valence-electron chi connectivity index (χ4n) is 3.41. The smallest absolute Gasteiger partial charge is 0.255 e. The van der Waals surface area contributed by atoms with Crippen LogP contribution in [0.5, 0.6) is 0 Å². The maximum absolute atomic E-state index is 13.2. The van der Waals surface area contributed by atoms with Crippen LogP contribution in [0.15, 0.2) is 41.3 Å². The van der Waals surface area contributed by atoms with Crippen molar-refractivity contribution < 1.29 is 22.4 Å². The Morgan fingerprint density at radius 2 is 1.66 bits per heavy atom. The Bertz CT molecular complexity index is 1130. The number of carbonyl (C=O) groups excluding carboxylic acids is 2. The third kappa shape index (κ3) is 5.65. The van der Waals surface area contributed by atoms with Crippen LogP contribution < -0.4 is 4.72 Å². The first-order chi connectivity index (χ1) is 15.1. The predicted octanol–water partition coefficient (Wildman–Crippen LogP) is 2.75. The number of sulfonamides is 1. The van der Waals surface area contributed by atoms with Crippen molar-refractivity contribution in [2.24, 2.45) is 0 Å². The molecule has 0 atom stereocenters. The number of hydrogen-bond donors (Lipinski definition) is 1. The van der Waals surface area contributed by atoms with Crippen LogP contribution in [-0.4, -0.2) is 62.8 Å². The van der Waals surface area contributed by atoms with Crippen LogP contribution in [0, 0.1) is 19.7 Å². The van der Waals surface area contributed by atoms with Gasteiger partial charge in [-0.2, -0.15) is 0 Å². The van der Waals surface area contributed by atoms with Crippen LogP contribution in [0.3, 0.4) is 0 Å². The van der Waals surface area contributed by atoms with E-state index in [0.29, 0.717) is 26.2 Å². The standard InChI is InChI=1S/C22H25ClFN3O4S/c1-15-3-5-18(13-16(15)2)32(30,31)25-8-7-21(28)26-9-11-27(12-10-26)22(29)19-6-4-17(24)14-20(19)23/h3-6,13-14,25H,7-12H2,1-2H3. The summed E-state index contributed by atoms with van der Waals surface area (Å²) in [5.74, 6) is -1.03. The van der Waals surface area contributed by atoms with Crippen LogP contribution in [0.2, 0.25) is 5.02 Å². The van der Waals surface area contributed by atoms with E-state index < -0.39 is 15.8 Å². The molecule has 10 heteroatoms. The van der Waals surface area contributed by atoms with Crippen molar-refractivity contribution in [2.45, 2.75) is 25.2 Å². The van der Waals surface area contributed by atoms with Crippen molar-refractivity contribution in [1.82, 2.24) is 14.5 Å². The van der Waals surface area contributed by atoms with Gasteiger partial charge in [0, 0.05) is 39.1 Å². The normalized spacial score (nSPS) is 14.5. The first-order valence-electron chi connectivity index (χ1n) is 10.2. The molecule has 2 aromatic carbocycles. The number of nitrogens with one attached hydrogen (secondary N) is 1. The van der Waals surface area contributed by atoms with Gasteiger partial charge in [-0.25, -0.2) is 17.5 Å². The molecule has 1 N–H and O–H groups in total. The van der Waals surface area contributed by atoms with E-state index in [9.17, 15) is 22.4 Å². The molecular weight excluding hydrogens is 457 g/mol. The highest BCUT2D eigenvalue weighted by Crippen LogP contribution is 2.20. The third-order valence-electron chi connectivity index (χ3n) is 5.50. The summed E-state index contributed by atoms with van der Waals surface area (Å²) in [6.07, 6.45) is 0.0157. The highest BCUT2D eigenvalue weighted by molar-refractivity contribution is 7.89. The topological polar surface area (TPSA) is 86.8 Å². The number of rotatable bonds is 6. The van der Waals surface area contributed by atoms with Crippen molar-refractivity contribution in [2.75, 3.05) is 32.7 Å². The zero-order valence-electron chi connectivity index (χ0n) is 17.9. The van der Waals surface area contributed by atoms with Gasteiger partial charge >= 0.3 is 0 Å². The molecule has 2 amide bonds. The Kier molecular flexibility index (Phi) is 7.53. The number of benzene rings is 2. The molecule has 0 radical (unpaired) electrons. The lowest BCUT2D eigenvalue weighted by molar-refractivity contribution is -0.132. The van der Waals surface area contributed by atoms with E-state index in [2.05, 4.69) is 4.72 Å². The minimum atomic E-state index is -3.70. The van der Waals surface area contributed by atoms with Crippen LogP contribution in [-0.2, 0) is 14.8 Å². The molecule has 1 aliphatic heterocycles. The second kappa shape index (κ2) is 9.97. The Morgan fingerprint density at radius 1 is 1.00 bits per heavy atom. The van der Waals surface area contributed by atoms with Crippen LogP contribution in [0.1, 0.15) is 27.9 Å². The van der Waals surface area contributed by atoms with Gasteiger partial charge in [-0.05, 0) is 55.3 Å². The molecule has 1 aliphatic rings. The Labute approximate surface area is 192 Å². The molecule has 7 nitrogen and oxygen atoms in total. The maximum Gasteiger partial charge on any atom is 0.255 e. The summed E-state index contributed by atoms with van der Waals surface area (Å²) in [6.45, 7) is 5.00. The lowest BCUT2D eigenvalue weighted by Gasteiger charge is -2.35. The fourth-order valence-corrected chi connectivity index (χ4v) is 4.77. The minimum absolute atomic E-state index is 0.0155. The minimum Gasteiger partial charge on any atom is -0.339 e. The molecule has 172 valence electrons. The van der Waals surface area contributed by atoms with Crippen molar-refractivity contribution in [1.29, 1.82) is 0 Å². The van der Waals surface area contributed by atoms with Crippen molar-refractivity contribution >= 4 is 33.4 Å². The van der Waals surface area contributed by atoms with Gasteiger partial charge in [0.25, 0.3) is 5.91 Å². The Morgan fingerprint density at radius 3 is 2.28 bits per heavy atom. The van der Waals surface area contributed by atoms with E-state index in [0.717, 1.165) is 17.2 Å². The molecule has 0 unspecified atom stereocenters. The van der Waals surface area contributed by atoms with Gasteiger partial charge in [0.1, 0.15) is 5.82 Å². The molecule has 32 heavy (non-hydrogen) atoms. The van der Waals surface area contributed by atoms with E-state index in [-0.39, 0.29) is 40.3 Å². The molecule has 0 aliphatic carbocycles. The quantitative estimate of drug-likeness (QED) is 0.687. The summed E-state index contributed by atoms with van der Waals surface area (Å²) >= 11 is 5.97. The first-order valence-corrected chi connectivity index (χ1v) is 12.0. The molecule has 1 fully saturated rings. The molecule has 0 bridgehead atoms. The highest BCUT2D eigenvalue weighted by atomic mass is 35.5. The predicted molar refractivity (Wildman–Crippen MR) is 120 cm³/mol. The van der Waals surface area contributed by atoms with Gasteiger partial charge in [-0.1, -0.05) is 17.7 Å². The van der Waals surface area contributed by atoms with Gasteiger partial charge in [-0.15, -0.1) is 0 Å². The van der Waals surface area contributed by atoms with Crippen LogP contribution in [0.25, 0.3) is 0 Å². The van der Waals surface area contributed by atoms with Gasteiger partial charge in [0.05, 0.1) is 15.5 Å². The number of carbonyl (C=O) groups is 2. The molecule has 1 saturated heterocycles. The fraction of sp³-hybridized carbons (Fsp3) is 0.364. The number of amides is 2. The SMILES string of the molecule is Cc1ccc(S(=O)(=O)NCCC(=O)N2CCN(C(=O)c3ccc(F)cc3Cl)CC2)cc1C. The first kappa shape index (κ1) is 24.2. The number of halogens is 2. The van der Waals surface area contributed by atoms with Crippen molar-refractivity contribution in [3.63, 3.8) is 0 Å². The van der Waals surface area contributed by atoms with Gasteiger partial charge in [-0.3, -0.25) is 9.59 Å². The molecular formula is C22H25ClFN3O4S. The zero-order chi connectivity index (χ0) is 23.5. The third-order valence-corrected chi connectivity index (χ3v) is 7.27. The average molecular weight is 482 g/mol. The largest absolute Gasteiger partial charge is 0.339 e. The summed E-state index contributed by atoms with van der Waals surface area (Å²) in [4.78, 5) is 28.4. The van der Waals surface area contributed by atoms with Crippen LogP contribution >= 0.6 is 11.6 Å². The zero-order valence-corrected chi connectivity index (χ0v) is 19.5. The lowest BCUT2D eigenvalue weighted by Crippen LogP contribution is -2.51.